The van der Waals surface area contributed by atoms with E-state index in [-0.39, 0.29) is 5.97 Å². The van der Waals surface area contributed by atoms with E-state index < -0.39 is 11.9 Å². The lowest BCUT2D eigenvalue weighted by Gasteiger charge is -2.35. The largest absolute Gasteiger partial charge is 0.465 e. The smallest absolute Gasteiger partial charge is 0.306 e. The van der Waals surface area contributed by atoms with Crippen LogP contribution in [0.3, 0.4) is 0 Å². The highest BCUT2D eigenvalue weighted by molar-refractivity contribution is 5.70. The van der Waals surface area contributed by atoms with Crippen molar-refractivity contribution in [2.45, 2.75) is 91.1 Å². The summed E-state index contributed by atoms with van der Waals surface area (Å²) in [7, 11) is 0. The number of hydrogen-bond donors (Lipinski definition) is 0. The maximum atomic E-state index is 12.6. The minimum atomic E-state index is -0.730. The molecule has 0 spiro atoms. The monoisotopic (exact) mass is 415 g/mol. The summed E-state index contributed by atoms with van der Waals surface area (Å²) in [6, 6.07) is 3.60. The fourth-order valence-electron chi connectivity index (χ4n) is 3.64. The first-order chi connectivity index (χ1) is 14.4. The molecule has 0 bridgehead atoms. The number of pyridine rings is 1. The molecule has 0 amide bonds. The molecule has 0 saturated heterocycles. The fourth-order valence-corrected chi connectivity index (χ4v) is 3.64. The number of furan rings is 1. The van der Waals surface area contributed by atoms with Gasteiger partial charge in [0.05, 0.1) is 18.6 Å². The van der Waals surface area contributed by atoms with Crippen LogP contribution in [0.15, 0.2) is 29.0 Å². The summed E-state index contributed by atoms with van der Waals surface area (Å²) in [5.41, 5.74) is 2.47. The normalized spacial score (nSPS) is 15.9. The number of unbranched alkanes of at least 4 members (excludes halogenated alkanes) is 4. The van der Waals surface area contributed by atoms with Crippen LogP contribution < -0.4 is 4.74 Å². The van der Waals surface area contributed by atoms with Crippen LogP contribution in [0.25, 0.3) is 0 Å². The molecule has 164 valence electrons. The Morgan fingerprint density at radius 3 is 2.73 bits per heavy atom. The van der Waals surface area contributed by atoms with Gasteiger partial charge in [-0.25, -0.2) is 0 Å². The first-order valence-corrected chi connectivity index (χ1v) is 11.0. The third kappa shape index (κ3) is 5.42. The van der Waals surface area contributed by atoms with Gasteiger partial charge in [0.15, 0.2) is 11.9 Å². The van der Waals surface area contributed by atoms with E-state index in [1.165, 1.54) is 12.8 Å². The molecule has 1 unspecified atom stereocenters. The summed E-state index contributed by atoms with van der Waals surface area (Å²) >= 11 is 0. The summed E-state index contributed by atoms with van der Waals surface area (Å²) in [5.74, 6) is 0.317. The van der Waals surface area contributed by atoms with E-state index in [4.69, 9.17) is 18.6 Å². The number of esters is 1. The van der Waals surface area contributed by atoms with Gasteiger partial charge in [0.25, 0.3) is 0 Å². The molecule has 1 aliphatic heterocycles. The van der Waals surface area contributed by atoms with E-state index in [9.17, 15) is 4.79 Å². The van der Waals surface area contributed by atoms with Gasteiger partial charge in [-0.05, 0) is 25.0 Å². The van der Waals surface area contributed by atoms with Crippen molar-refractivity contribution in [1.82, 2.24) is 4.98 Å². The first-order valence-electron chi connectivity index (χ1n) is 11.0. The van der Waals surface area contributed by atoms with Crippen molar-refractivity contribution >= 4 is 5.97 Å². The summed E-state index contributed by atoms with van der Waals surface area (Å²) in [6.07, 6.45) is 9.17. The fraction of sp³-hybridized carbons (Fsp3) is 0.583. The molecule has 6 heteroatoms. The Labute approximate surface area is 178 Å². The van der Waals surface area contributed by atoms with Gasteiger partial charge in [0, 0.05) is 37.6 Å². The molecule has 30 heavy (non-hydrogen) atoms. The van der Waals surface area contributed by atoms with Crippen LogP contribution in [0.4, 0.5) is 0 Å². The molecule has 0 aromatic carbocycles. The molecule has 0 aliphatic carbocycles. The molecule has 6 nitrogen and oxygen atoms in total. The highest BCUT2D eigenvalue weighted by Gasteiger charge is 2.34. The van der Waals surface area contributed by atoms with E-state index >= 15 is 0 Å². The molecule has 0 N–H and O–H groups in total. The van der Waals surface area contributed by atoms with Crippen LogP contribution in [0.1, 0.15) is 94.9 Å². The Morgan fingerprint density at radius 1 is 1.23 bits per heavy atom. The first kappa shape index (κ1) is 22.3. The van der Waals surface area contributed by atoms with Gasteiger partial charge in [-0.3, -0.25) is 9.78 Å². The van der Waals surface area contributed by atoms with E-state index in [2.05, 4.69) is 11.9 Å². The zero-order valence-corrected chi connectivity index (χ0v) is 18.5. The molecule has 2 aromatic heterocycles. The summed E-state index contributed by atoms with van der Waals surface area (Å²) in [4.78, 5) is 17.2. The third-order valence-electron chi connectivity index (χ3n) is 5.31. The Hall–Kier alpha value is -2.34. The third-order valence-corrected chi connectivity index (χ3v) is 5.31. The molecular weight excluding hydrogens is 382 g/mol. The van der Waals surface area contributed by atoms with Gasteiger partial charge < -0.3 is 18.6 Å². The van der Waals surface area contributed by atoms with E-state index in [1.807, 2.05) is 26.8 Å². The number of ether oxygens (including phenoxy) is 3. The maximum absolute atomic E-state index is 12.6. The second-order valence-corrected chi connectivity index (χ2v) is 8.16. The molecule has 0 saturated carbocycles. The van der Waals surface area contributed by atoms with Crippen molar-refractivity contribution in [1.29, 1.82) is 0 Å². The zero-order valence-electron chi connectivity index (χ0n) is 18.5. The lowest BCUT2D eigenvalue weighted by atomic mass is 9.99. The summed E-state index contributed by atoms with van der Waals surface area (Å²) in [6.45, 7) is 8.33. The summed E-state index contributed by atoms with van der Waals surface area (Å²) in [5, 5.41) is 0. The predicted octanol–water partition coefficient (Wildman–Crippen LogP) is 5.88. The van der Waals surface area contributed by atoms with Crippen molar-refractivity contribution in [3.05, 3.63) is 47.2 Å². The molecule has 1 aliphatic rings. The molecule has 3 rings (SSSR count). The van der Waals surface area contributed by atoms with Crippen LogP contribution in [0, 0.1) is 0 Å². The Balaban J connectivity index is 1.84. The zero-order chi connectivity index (χ0) is 21.6. The molecule has 0 radical (unpaired) electrons. The Kier molecular flexibility index (Phi) is 7.53. The number of aromatic nitrogens is 1. The van der Waals surface area contributed by atoms with Gasteiger partial charge in [0.1, 0.15) is 5.76 Å². The van der Waals surface area contributed by atoms with Gasteiger partial charge in [0.2, 0.25) is 5.79 Å². The number of hydrogen-bond acceptors (Lipinski definition) is 6. The molecule has 1 atom stereocenters. The maximum Gasteiger partial charge on any atom is 0.306 e. The average molecular weight is 416 g/mol. The molecule has 0 fully saturated rings. The topological polar surface area (TPSA) is 70.8 Å². The minimum Gasteiger partial charge on any atom is -0.465 e. The van der Waals surface area contributed by atoms with Gasteiger partial charge in [-0.1, -0.05) is 39.5 Å². The summed E-state index contributed by atoms with van der Waals surface area (Å²) < 4.78 is 23.5. The number of nitrogens with zero attached hydrogens (tertiary/aromatic N) is 1. The highest BCUT2D eigenvalue weighted by Crippen LogP contribution is 2.40. The molecular formula is C24H33NO5. The number of carbonyl (C=O) groups excluding carboxylic acids is 1. The van der Waals surface area contributed by atoms with Gasteiger partial charge in [-0.2, -0.15) is 0 Å². The molecule has 3 heterocycles. The van der Waals surface area contributed by atoms with Crippen molar-refractivity contribution in [3.63, 3.8) is 0 Å². The van der Waals surface area contributed by atoms with Gasteiger partial charge in [-0.15, -0.1) is 0 Å². The standard InChI is InChI=1S/C24H33NO5/c1-5-7-8-9-10-13-21(26)29-23(20-12-11-14-27-20)17-15-25-19(6-2)22-18(17)16-28-24(3,4)30-22/h11-12,14-15,23H,5-10,13,16H2,1-4H3. The van der Waals surface area contributed by atoms with Crippen molar-refractivity contribution in [2.75, 3.05) is 0 Å². The average Bonchev–Trinajstić information content (AvgIpc) is 3.25. The molecule has 2 aromatic rings. The van der Waals surface area contributed by atoms with Crippen molar-refractivity contribution in [2.24, 2.45) is 0 Å². The van der Waals surface area contributed by atoms with Crippen LogP contribution in [0.5, 0.6) is 5.75 Å². The SMILES string of the molecule is CCCCCCCC(=O)OC(c1ccco1)c1cnc(CC)c2c1COC(C)(C)O2. The van der Waals surface area contributed by atoms with E-state index in [0.717, 1.165) is 48.3 Å². The van der Waals surface area contributed by atoms with Gasteiger partial charge >= 0.3 is 5.97 Å². The quantitative estimate of drug-likeness (QED) is 0.357. The van der Waals surface area contributed by atoms with Crippen LogP contribution >= 0.6 is 0 Å². The minimum absolute atomic E-state index is 0.237. The van der Waals surface area contributed by atoms with Crippen LogP contribution in [0.2, 0.25) is 0 Å². The van der Waals surface area contributed by atoms with Crippen molar-refractivity contribution in [3.8, 4) is 5.75 Å². The van der Waals surface area contributed by atoms with E-state index in [1.54, 1.807) is 18.5 Å². The van der Waals surface area contributed by atoms with Crippen LogP contribution in [-0.2, 0) is 27.3 Å². The lowest BCUT2D eigenvalue weighted by molar-refractivity contribution is -0.181. The number of fused-ring (bicyclic) bond motifs is 1. The Morgan fingerprint density at radius 2 is 2.03 bits per heavy atom. The number of rotatable bonds is 10. The van der Waals surface area contributed by atoms with Crippen molar-refractivity contribution < 1.29 is 23.4 Å². The number of carbonyl (C=O) groups is 1. The number of aryl methyl sites for hydroxylation is 1. The second kappa shape index (κ2) is 10.1. The predicted molar refractivity (Wildman–Crippen MR) is 113 cm³/mol. The van der Waals surface area contributed by atoms with E-state index in [0.29, 0.717) is 18.8 Å². The lowest BCUT2D eigenvalue weighted by Crippen LogP contribution is -2.36. The highest BCUT2D eigenvalue weighted by atomic mass is 16.7. The Bertz CT molecular complexity index is 828. The second-order valence-electron chi connectivity index (χ2n) is 8.16. The van der Waals surface area contributed by atoms with Crippen LogP contribution in [-0.4, -0.2) is 16.7 Å².